The molecule has 3 aromatic rings. The predicted octanol–water partition coefficient (Wildman–Crippen LogP) is 2.87. The maximum Gasteiger partial charge on any atom is 0.277 e. The lowest BCUT2D eigenvalue weighted by molar-refractivity contribution is 0.190. The van der Waals surface area contributed by atoms with Gasteiger partial charge in [-0.05, 0) is 31.3 Å². The second-order valence-electron chi connectivity index (χ2n) is 5.92. The molecular formula is C17H20ClN5O2S. The lowest BCUT2D eigenvalue weighted by atomic mass is 10.2. The zero-order chi connectivity index (χ0) is 17.2. The third-order valence-electron chi connectivity index (χ3n) is 4.31. The van der Waals surface area contributed by atoms with Crippen molar-refractivity contribution in [2.45, 2.75) is 6.04 Å². The molecule has 1 unspecified atom stereocenters. The minimum atomic E-state index is 0. The van der Waals surface area contributed by atoms with E-state index in [1.165, 1.54) is 0 Å². The first-order valence-corrected chi connectivity index (χ1v) is 8.97. The number of halogens is 1. The van der Waals surface area contributed by atoms with Crippen molar-refractivity contribution in [3.8, 4) is 27.9 Å². The van der Waals surface area contributed by atoms with Gasteiger partial charge in [-0.2, -0.15) is 4.98 Å². The summed E-state index contributed by atoms with van der Waals surface area (Å²) in [5.41, 5.74) is 1.74. The molecule has 9 heteroatoms. The number of benzene rings is 1. The van der Waals surface area contributed by atoms with Crippen molar-refractivity contribution in [2.75, 3.05) is 33.8 Å². The van der Waals surface area contributed by atoms with Crippen LogP contribution in [0.1, 0.15) is 11.9 Å². The highest BCUT2D eigenvalue weighted by Crippen LogP contribution is 2.30. The van der Waals surface area contributed by atoms with E-state index in [-0.39, 0.29) is 18.4 Å². The molecule has 0 saturated carbocycles. The zero-order valence-electron chi connectivity index (χ0n) is 14.5. The summed E-state index contributed by atoms with van der Waals surface area (Å²) in [6.07, 6.45) is 0. The molecule has 1 fully saturated rings. The van der Waals surface area contributed by atoms with E-state index in [1.807, 2.05) is 29.6 Å². The number of ether oxygens (including phenoxy) is 1. The molecule has 1 saturated heterocycles. The molecule has 138 valence electrons. The maximum absolute atomic E-state index is 5.45. The second-order valence-corrected chi connectivity index (χ2v) is 6.78. The van der Waals surface area contributed by atoms with Gasteiger partial charge in [-0.15, -0.1) is 23.7 Å². The Hall–Kier alpha value is -2.00. The van der Waals surface area contributed by atoms with Gasteiger partial charge in [-0.25, -0.2) is 4.98 Å². The first kappa shape index (κ1) is 18.8. The monoisotopic (exact) mass is 393 g/mol. The first-order valence-electron chi connectivity index (χ1n) is 8.09. The average Bonchev–Trinajstić information content (AvgIpc) is 3.32. The third kappa shape index (κ3) is 3.73. The van der Waals surface area contributed by atoms with Crippen LogP contribution in [0.5, 0.6) is 5.75 Å². The number of aromatic nitrogens is 3. The largest absolute Gasteiger partial charge is 0.497 e. The van der Waals surface area contributed by atoms with Gasteiger partial charge < -0.3 is 14.6 Å². The normalized spacial score (nSPS) is 17.7. The van der Waals surface area contributed by atoms with Crippen LogP contribution in [-0.4, -0.2) is 53.8 Å². The Morgan fingerprint density at radius 3 is 2.81 bits per heavy atom. The summed E-state index contributed by atoms with van der Waals surface area (Å²) in [6, 6.07) is 7.96. The summed E-state index contributed by atoms with van der Waals surface area (Å²) in [5.74, 6) is 1.99. The molecule has 0 spiro atoms. The van der Waals surface area contributed by atoms with E-state index < -0.39 is 0 Å². The fourth-order valence-corrected chi connectivity index (χ4v) is 3.61. The number of rotatable bonds is 4. The van der Waals surface area contributed by atoms with Crippen molar-refractivity contribution in [3.05, 3.63) is 35.5 Å². The van der Waals surface area contributed by atoms with Crippen LogP contribution in [-0.2, 0) is 0 Å². The summed E-state index contributed by atoms with van der Waals surface area (Å²) < 4.78 is 10.6. The van der Waals surface area contributed by atoms with E-state index in [0.717, 1.165) is 36.0 Å². The van der Waals surface area contributed by atoms with Crippen LogP contribution in [0.3, 0.4) is 0 Å². The van der Waals surface area contributed by atoms with E-state index in [4.69, 9.17) is 9.26 Å². The van der Waals surface area contributed by atoms with Crippen LogP contribution in [0.2, 0.25) is 0 Å². The average molecular weight is 394 g/mol. The highest BCUT2D eigenvalue weighted by Gasteiger charge is 2.26. The van der Waals surface area contributed by atoms with E-state index in [0.29, 0.717) is 17.4 Å². The van der Waals surface area contributed by atoms with Gasteiger partial charge in [0.05, 0.1) is 13.2 Å². The lowest BCUT2D eigenvalue weighted by Crippen LogP contribution is -2.44. The number of nitrogens with zero attached hydrogens (tertiary/aromatic N) is 4. The number of hydrogen-bond acceptors (Lipinski definition) is 8. The Kier molecular flexibility index (Phi) is 5.87. The molecule has 1 aromatic carbocycles. The lowest BCUT2D eigenvalue weighted by Gasteiger charge is -2.30. The zero-order valence-corrected chi connectivity index (χ0v) is 16.1. The molecule has 7 nitrogen and oxygen atoms in total. The predicted molar refractivity (Wildman–Crippen MR) is 103 cm³/mol. The topological polar surface area (TPSA) is 76.3 Å². The Labute approximate surface area is 161 Å². The van der Waals surface area contributed by atoms with Crippen LogP contribution < -0.4 is 10.1 Å². The van der Waals surface area contributed by atoms with E-state index >= 15 is 0 Å². The molecule has 0 aliphatic carbocycles. The Morgan fingerprint density at radius 1 is 1.27 bits per heavy atom. The third-order valence-corrected chi connectivity index (χ3v) is 5.20. The van der Waals surface area contributed by atoms with Gasteiger partial charge >= 0.3 is 0 Å². The summed E-state index contributed by atoms with van der Waals surface area (Å²) in [5, 5.41) is 10.4. The van der Waals surface area contributed by atoms with Crippen molar-refractivity contribution in [3.63, 3.8) is 0 Å². The molecule has 2 aromatic heterocycles. The Balaban J connectivity index is 0.00000196. The molecule has 1 aliphatic heterocycles. The minimum Gasteiger partial charge on any atom is -0.497 e. The smallest absolute Gasteiger partial charge is 0.277 e. The van der Waals surface area contributed by atoms with Crippen molar-refractivity contribution >= 4 is 23.7 Å². The van der Waals surface area contributed by atoms with Gasteiger partial charge in [0.1, 0.15) is 16.5 Å². The maximum atomic E-state index is 5.45. The molecule has 1 aliphatic rings. The Morgan fingerprint density at radius 2 is 2.08 bits per heavy atom. The minimum absolute atomic E-state index is 0. The van der Waals surface area contributed by atoms with Gasteiger partial charge in [0.2, 0.25) is 0 Å². The molecule has 1 atom stereocenters. The van der Waals surface area contributed by atoms with Crippen molar-refractivity contribution < 1.29 is 9.26 Å². The fraction of sp³-hybridized carbons (Fsp3) is 0.353. The van der Waals surface area contributed by atoms with E-state index in [9.17, 15) is 0 Å². The molecule has 4 rings (SSSR count). The second kappa shape index (κ2) is 8.13. The molecule has 0 amide bonds. The van der Waals surface area contributed by atoms with E-state index in [2.05, 4.69) is 32.4 Å². The van der Waals surface area contributed by atoms with Gasteiger partial charge in [0.15, 0.2) is 5.82 Å². The Bertz CT molecular complexity index is 851. The number of methoxy groups -OCH3 is 1. The summed E-state index contributed by atoms with van der Waals surface area (Å²) in [6.45, 7) is 2.77. The van der Waals surface area contributed by atoms with Crippen molar-refractivity contribution in [1.82, 2.24) is 25.3 Å². The van der Waals surface area contributed by atoms with Crippen LogP contribution in [0, 0.1) is 0 Å². The van der Waals surface area contributed by atoms with Crippen LogP contribution in [0.4, 0.5) is 0 Å². The van der Waals surface area contributed by atoms with Gasteiger partial charge in [0.25, 0.3) is 5.89 Å². The number of likely N-dealkylation sites (N-methyl/N-ethyl adjacent to an activating group) is 1. The van der Waals surface area contributed by atoms with Crippen LogP contribution >= 0.6 is 23.7 Å². The standard InChI is InChI=1S/C17H19N5O2S.ClH/c1-22-8-7-18-9-14(22)15-20-16(24-21-15)13-10-25-17(19-13)11-3-5-12(23-2)6-4-11;/h3-6,10,14,18H,7-9H2,1-2H3;1H. The van der Waals surface area contributed by atoms with Crippen molar-refractivity contribution in [1.29, 1.82) is 0 Å². The number of piperazine rings is 1. The summed E-state index contributed by atoms with van der Waals surface area (Å²) in [7, 11) is 3.73. The van der Waals surface area contributed by atoms with Gasteiger partial charge in [-0.3, -0.25) is 4.90 Å². The van der Waals surface area contributed by atoms with Gasteiger partial charge in [0, 0.05) is 30.6 Å². The number of hydrogen-bond donors (Lipinski definition) is 1. The van der Waals surface area contributed by atoms with Gasteiger partial charge in [-0.1, -0.05) is 5.16 Å². The molecule has 0 bridgehead atoms. The number of nitrogens with one attached hydrogen (secondary N) is 1. The summed E-state index contributed by atoms with van der Waals surface area (Å²) in [4.78, 5) is 11.4. The van der Waals surface area contributed by atoms with E-state index in [1.54, 1.807) is 18.4 Å². The SMILES string of the molecule is COc1ccc(-c2nc(-c3nc(C4CNCCN4C)no3)cs2)cc1.Cl. The van der Waals surface area contributed by atoms with Crippen LogP contribution in [0.25, 0.3) is 22.2 Å². The highest BCUT2D eigenvalue weighted by molar-refractivity contribution is 7.13. The first-order chi connectivity index (χ1) is 12.2. The molecule has 26 heavy (non-hydrogen) atoms. The number of thiazole rings is 1. The molecule has 0 radical (unpaired) electrons. The molecule has 3 heterocycles. The van der Waals surface area contributed by atoms with Crippen molar-refractivity contribution in [2.24, 2.45) is 0 Å². The molecule has 1 N–H and O–H groups in total. The summed E-state index contributed by atoms with van der Waals surface area (Å²) >= 11 is 1.55. The quantitative estimate of drug-likeness (QED) is 0.730. The van der Waals surface area contributed by atoms with Crippen LogP contribution in [0.15, 0.2) is 34.2 Å². The molecular weight excluding hydrogens is 374 g/mol. The fourth-order valence-electron chi connectivity index (χ4n) is 2.81. The highest BCUT2D eigenvalue weighted by atomic mass is 35.5.